The summed E-state index contributed by atoms with van der Waals surface area (Å²) in [5.41, 5.74) is 1.58. The Morgan fingerprint density at radius 3 is 2.75 bits per heavy atom. The second kappa shape index (κ2) is 7.57. The second-order valence-electron chi connectivity index (χ2n) is 4.80. The van der Waals surface area contributed by atoms with Crippen molar-refractivity contribution in [3.05, 3.63) is 63.1 Å². The number of fused-ring (bicyclic) bond motifs is 1. The SMILES string of the molecule is O=C([O-])CS/C(=C\c1cccc(Cl)c1Cl)c1nc2ccccc2s1. The molecule has 0 aliphatic heterocycles. The van der Waals surface area contributed by atoms with Gasteiger partial charge in [0.05, 0.1) is 26.2 Å². The van der Waals surface area contributed by atoms with Gasteiger partial charge in [0.15, 0.2) is 0 Å². The molecule has 0 atom stereocenters. The molecule has 24 heavy (non-hydrogen) atoms. The fourth-order valence-electron chi connectivity index (χ4n) is 2.05. The third kappa shape index (κ3) is 3.92. The van der Waals surface area contributed by atoms with E-state index in [2.05, 4.69) is 4.98 Å². The van der Waals surface area contributed by atoms with Crippen LogP contribution >= 0.6 is 46.3 Å². The van der Waals surface area contributed by atoms with Gasteiger partial charge in [0.25, 0.3) is 0 Å². The van der Waals surface area contributed by atoms with Crippen molar-refractivity contribution in [2.24, 2.45) is 0 Å². The van der Waals surface area contributed by atoms with E-state index in [1.165, 1.54) is 11.3 Å². The summed E-state index contributed by atoms with van der Waals surface area (Å²) >= 11 is 14.9. The molecule has 0 amide bonds. The zero-order chi connectivity index (χ0) is 17.1. The van der Waals surface area contributed by atoms with Crippen molar-refractivity contribution in [3.8, 4) is 0 Å². The highest BCUT2D eigenvalue weighted by molar-refractivity contribution is 8.09. The number of carbonyl (C=O) groups is 1. The van der Waals surface area contributed by atoms with Gasteiger partial charge in [-0.15, -0.1) is 23.1 Å². The number of para-hydroxylation sites is 1. The van der Waals surface area contributed by atoms with Gasteiger partial charge >= 0.3 is 0 Å². The molecule has 1 aromatic heterocycles. The maximum atomic E-state index is 10.9. The van der Waals surface area contributed by atoms with Crippen molar-refractivity contribution >= 4 is 73.5 Å². The van der Waals surface area contributed by atoms with Crippen molar-refractivity contribution in [2.75, 3.05) is 5.75 Å². The van der Waals surface area contributed by atoms with Crippen LogP contribution in [0.5, 0.6) is 0 Å². The van der Waals surface area contributed by atoms with Gasteiger partial charge in [-0.05, 0) is 29.8 Å². The Labute approximate surface area is 156 Å². The molecule has 0 unspecified atom stereocenters. The lowest BCUT2D eigenvalue weighted by Gasteiger charge is -2.07. The first kappa shape index (κ1) is 17.3. The predicted octanol–water partition coefficient (Wildman–Crippen LogP) is 4.58. The molecular weight excluding hydrogens is 385 g/mol. The molecule has 3 nitrogen and oxygen atoms in total. The van der Waals surface area contributed by atoms with Crippen molar-refractivity contribution < 1.29 is 9.90 Å². The lowest BCUT2D eigenvalue weighted by atomic mass is 10.2. The summed E-state index contributed by atoms with van der Waals surface area (Å²) in [7, 11) is 0. The Bertz CT molecular complexity index is 904. The van der Waals surface area contributed by atoms with E-state index in [1.807, 2.05) is 30.3 Å². The van der Waals surface area contributed by atoms with Gasteiger partial charge in [-0.2, -0.15) is 0 Å². The molecule has 0 N–H and O–H groups in total. The molecule has 0 saturated carbocycles. The number of aromatic nitrogens is 1. The molecule has 0 fully saturated rings. The van der Waals surface area contributed by atoms with Crippen molar-refractivity contribution in [3.63, 3.8) is 0 Å². The molecule has 7 heteroatoms. The lowest BCUT2D eigenvalue weighted by Crippen LogP contribution is -2.24. The van der Waals surface area contributed by atoms with Gasteiger partial charge in [-0.25, -0.2) is 4.98 Å². The Balaban J connectivity index is 2.06. The fraction of sp³-hybridized carbons (Fsp3) is 0.0588. The highest BCUT2D eigenvalue weighted by Gasteiger charge is 2.12. The first-order chi connectivity index (χ1) is 11.5. The van der Waals surface area contributed by atoms with E-state index in [1.54, 1.807) is 18.2 Å². The number of carboxylic acids is 1. The summed E-state index contributed by atoms with van der Waals surface area (Å²) in [4.78, 5) is 16.1. The number of aliphatic carboxylic acids is 1. The van der Waals surface area contributed by atoms with Crippen LogP contribution in [0.1, 0.15) is 10.6 Å². The molecule has 0 radical (unpaired) electrons. The fourth-order valence-corrected chi connectivity index (χ4v) is 4.25. The van der Waals surface area contributed by atoms with Crippen LogP contribution in [0.15, 0.2) is 42.5 Å². The van der Waals surface area contributed by atoms with Crippen LogP contribution in [0.3, 0.4) is 0 Å². The van der Waals surface area contributed by atoms with E-state index in [9.17, 15) is 9.90 Å². The van der Waals surface area contributed by atoms with Crippen molar-refractivity contribution in [1.29, 1.82) is 0 Å². The third-order valence-corrected chi connectivity index (χ3v) is 6.15. The predicted molar refractivity (Wildman–Crippen MR) is 101 cm³/mol. The summed E-state index contributed by atoms with van der Waals surface area (Å²) in [5.74, 6) is -1.30. The maximum Gasteiger partial charge on any atom is 0.131 e. The Kier molecular flexibility index (Phi) is 5.46. The third-order valence-electron chi connectivity index (χ3n) is 3.12. The Morgan fingerprint density at radius 1 is 1.21 bits per heavy atom. The number of carboxylic acid groups (broad SMARTS) is 1. The van der Waals surface area contributed by atoms with Crippen LogP contribution < -0.4 is 5.11 Å². The number of rotatable bonds is 5. The minimum absolute atomic E-state index is 0.167. The number of benzene rings is 2. The molecule has 0 bridgehead atoms. The molecular formula is C17H10Cl2NO2S2-. The van der Waals surface area contributed by atoms with Crippen LogP contribution in [-0.4, -0.2) is 16.7 Å². The molecule has 0 spiro atoms. The first-order valence-corrected chi connectivity index (χ1v) is 9.44. The summed E-state index contributed by atoms with van der Waals surface area (Å²) in [6.07, 6.45) is 1.81. The molecule has 3 aromatic rings. The molecule has 2 aromatic carbocycles. The average Bonchev–Trinajstić information content (AvgIpc) is 2.99. The highest BCUT2D eigenvalue weighted by Crippen LogP contribution is 2.37. The van der Waals surface area contributed by atoms with Crippen LogP contribution in [-0.2, 0) is 4.79 Å². The number of carbonyl (C=O) groups excluding carboxylic acids is 1. The van der Waals surface area contributed by atoms with E-state index in [4.69, 9.17) is 23.2 Å². The van der Waals surface area contributed by atoms with Gasteiger partial charge in [0.2, 0.25) is 0 Å². The number of thiazole rings is 1. The molecule has 0 aliphatic carbocycles. The second-order valence-corrected chi connectivity index (χ2v) is 7.63. The van der Waals surface area contributed by atoms with Crippen LogP contribution in [0.4, 0.5) is 0 Å². The molecule has 0 aliphatic rings. The molecule has 1 heterocycles. The quantitative estimate of drug-likeness (QED) is 0.635. The lowest BCUT2D eigenvalue weighted by molar-refractivity contribution is -0.301. The smallest absolute Gasteiger partial charge is 0.131 e. The standard InChI is InChI=1S/C17H11Cl2NO2S2/c18-11-5-3-4-10(16(11)19)8-14(23-9-15(21)22)17-20-12-6-1-2-7-13(12)24-17/h1-8H,9H2,(H,21,22)/p-1/b14-8-. The number of thioether (sulfide) groups is 1. The summed E-state index contributed by atoms with van der Waals surface area (Å²) in [6.45, 7) is 0. The molecule has 0 saturated heterocycles. The maximum absolute atomic E-state index is 10.9. The van der Waals surface area contributed by atoms with E-state index < -0.39 is 5.97 Å². The van der Waals surface area contributed by atoms with Crippen molar-refractivity contribution in [1.82, 2.24) is 4.98 Å². The van der Waals surface area contributed by atoms with Crippen LogP contribution in [0, 0.1) is 0 Å². The summed E-state index contributed by atoms with van der Waals surface area (Å²) in [6, 6.07) is 13.1. The highest BCUT2D eigenvalue weighted by atomic mass is 35.5. The van der Waals surface area contributed by atoms with E-state index in [0.717, 1.165) is 27.0 Å². The largest absolute Gasteiger partial charge is 0.549 e. The molecule has 3 rings (SSSR count). The van der Waals surface area contributed by atoms with E-state index in [-0.39, 0.29) is 5.75 Å². The number of halogens is 2. The Hall–Kier alpha value is -1.53. The zero-order valence-corrected chi connectivity index (χ0v) is 15.3. The number of nitrogens with zero attached hydrogens (tertiary/aromatic N) is 1. The molecule has 122 valence electrons. The minimum Gasteiger partial charge on any atom is -0.549 e. The van der Waals surface area contributed by atoms with Gasteiger partial charge in [-0.1, -0.05) is 47.5 Å². The Morgan fingerprint density at radius 2 is 2.00 bits per heavy atom. The monoisotopic (exact) mass is 394 g/mol. The van der Waals surface area contributed by atoms with Gasteiger partial charge in [-0.3, -0.25) is 0 Å². The number of hydrogen-bond acceptors (Lipinski definition) is 5. The van der Waals surface area contributed by atoms with Crippen molar-refractivity contribution in [2.45, 2.75) is 0 Å². The van der Waals surface area contributed by atoms with Crippen LogP contribution in [0.2, 0.25) is 10.0 Å². The summed E-state index contributed by atoms with van der Waals surface area (Å²) in [5, 5.41) is 12.5. The van der Waals surface area contributed by atoms with Gasteiger partial charge < -0.3 is 9.90 Å². The van der Waals surface area contributed by atoms with Gasteiger partial charge in [0.1, 0.15) is 5.01 Å². The zero-order valence-electron chi connectivity index (χ0n) is 12.2. The normalized spacial score (nSPS) is 11.8. The average molecular weight is 395 g/mol. The van der Waals surface area contributed by atoms with Gasteiger partial charge in [0, 0.05) is 10.7 Å². The van der Waals surface area contributed by atoms with E-state index in [0.29, 0.717) is 20.5 Å². The first-order valence-electron chi connectivity index (χ1n) is 6.89. The van der Waals surface area contributed by atoms with Crippen LogP contribution in [0.25, 0.3) is 21.2 Å². The minimum atomic E-state index is -1.13. The van der Waals surface area contributed by atoms with E-state index >= 15 is 0 Å². The topological polar surface area (TPSA) is 53.0 Å². The number of hydrogen-bond donors (Lipinski definition) is 0. The summed E-state index contributed by atoms with van der Waals surface area (Å²) < 4.78 is 1.03.